The Labute approximate surface area is 130 Å². The molecule has 21 heavy (non-hydrogen) atoms. The van der Waals surface area contributed by atoms with E-state index in [2.05, 4.69) is 56.2 Å². The summed E-state index contributed by atoms with van der Waals surface area (Å²) >= 11 is 0. The maximum Gasteiger partial charge on any atom is 0.0474 e. The van der Waals surface area contributed by atoms with Crippen molar-refractivity contribution in [3.05, 3.63) is 34.9 Å². The first-order valence-electron chi connectivity index (χ1n) is 8.05. The summed E-state index contributed by atoms with van der Waals surface area (Å²) < 4.78 is 5.14. The van der Waals surface area contributed by atoms with Crippen molar-refractivity contribution in [3.63, 3.8) is 0 Å². The largest absolute Gasteiger partial charge is 0.385 e. The summed E-state index contributed by atoms with van der Waals surface area (Å²) in [5.74, 6) is 0. The van der Waals surface area contributed by atoms with E-state index in [1.54, 1.807) is 7.11 Å². The van der Waals surface area contributed by atoms with Crippen LogP contribution in [0, 0.1) is 13.8 Å². The molecule has 0 radical (unpaired) electrons. The molecule has 0 aliphatic heterocycles. The van der Waals surface area contributed by atoms with Crippen molar-refractivity contribution in [2.75, 3.05) is 40.4 Å². The Morgan fingerprint density at radius 1 is 1.19 bits per heavy atom. The first-order valence-corrected chi connectivity index (χ1v) is 8.05. The van der Waals surface area contributed by atoms with E-state index in [0.29, 0.717) is 6.04 Å². The van der Waals surface area contributed by atoms with Crippen LogP contribution in [0.4, 0.5) is 0 Å². The average Bonchev–Trinajstić information content (AvgIpc) is 2.42. The molecule has 1 aromatic carbocycles. The molecule has 0 aliphatic rings. The predicted molar refractivity (Wildman–Crippen MR) is 90.9 cm³/mol. The second kappa shape index (κ2) is 9.93. The molecule has 3 nitrogen and oxygen atoms in total. The van der Waals surface area contributed by atoms with Crippen LogP contribution in [0.3, 0.4) is 0 Å². The fourth-order valence-corrected chi connectivity index (χ4v) is 2.70. The Bertz CT molecular complexity index is 386. The molecule has 1 N–H and O–H groups in total. The minimum absolute atomic E-state index is 0.399. The van der Waals surface area contributed by atoms with Gasteiger partial charge in [0.05, 0.1) is 0 Å². The van der Waals surface area contributed by atoms with Crippen molar-refractivity contribution >= 4 is 0 Å². The zero-order valence-corrected chi connectivity index (χ0v) is 14.4. The van der Waals surface area contributed by atoms with Crippen LogP contribution in [0.2, 0.25) is 0 Å². The summed E-state index contributed by atoms with van der Waals surface area (Å²) in [7, 11) is 3.96. The van der Waals surface area contributed by atoms with Gasteiger partial charge in [0.1, 0.15) is 0 Å². The van der Waals surface area contributed by atoms with E-state index in [1.165, 1.54) is 16.7 Å². The smallest absolute Gasteiger partial charge is 0.0474 e. The Hall–Kier alpha value is -0.900. The number of benzene rings is 1. The average molecular weight is 292 g/mol. The molecule has 1 unspecified atom stereocenters. The summed E-state index contributed by atoms with van der Waals surface area (Å²) in [6.45, 7) is 10.6. The lowest BCUT2D eigenvalue weighted by Crippen LogP contribution is -2.34. The SMILES string of the molecule is CCCNC(CN(C)CCCOC)c1cc(C)cc(C)c1. The van der Waals surface area contributed by atoms with E-state index in [-0.39, 0.29) is 0 Å². The Balaban J connectivity index is 2.70. The van der Waals surface area contributed by atoms with Crippen molar-refractivity contribution < 1.29 is 4.74 Å². The topological polar surface area (TPSA) is 24.5 Å². The minimum atomic E-state index is 0.399. The molecule has 1 atom stereocenters. The maximum atomic E-state index is 5.14. The molecule has 0 saturated heterocycles. The van der Waals surface area contributed by atoms with Gasteiger partial charge in [0.15, 0.2) is 0 Å². The number of nitrogens with one attached hydrogen (secondary N) is 1. The summed E-state index contributed by atoms with van der Waals surface area (Å²) in [6.07, 6.45) is 2.25. The molecule has 120 valence electrons. The number of ether oxygens (including phenoxy) is 1. The van der Waals surface area contributed by atoms with Crippen LogP contribution in [0.5, 0.6) is 0 Å². The van der Waals surface area contributed by atoms with Gasteiger partial charge in [0.25, 0.3) is 0 Å². The van der Waals surface area contributed by atoms with Crippen LogP contribution in [0.1, 0.15) is 42.5 Å². The van der Waals surface area contributed by atoms with Crippen LogP contribution >= 0.6 is 0 Å². The van der Waals surface area contributed by atoms with Gasteiger partial charge >= 0.3 is 0 Å². The van der Waals surface area contributed by atoms with Gasteiger partial charge in [-0.05, 0) is 45.8 Å². The zero-order chi connectivity index (χ0) is 15.7. The molecule has 1 aromatic rings. The molecular weight excluding hydrogens is 260 g/mol. The van der Waals surface area contributed by atoms with Gasteiger partial charge in [-0.1, -0.05) is 36.2 Å². The van der Waals surface area contributed by atoms with Crippen LogP contribution in [-0.4, -0.2) is 45.3 Å². The van der Waals surface area contributed by atoms with E-state index in [1.807, 2.05) is 0 Å². The number of nitrogens with zero attached hydrogens (tertiary/aromatic N) is 1. The van der Waals surface area contributed by atoms with Gasteiger partial charge < -0.3 is 15.0 Å². The van der Waals surface area contributed by atoms with Crippen molar-refractivity contribution in [2.24, 2.45) is 0 Å². The van der Waals surface area contributed by atoms with Gasteiger partial charge in [-0.3, -0.25) is 0 Å². The predicted octanol–water partition coefficient (Wildman–Crippen LogP) is 3.31. The summed E-state index contributed by atoms with van der Waals surface area (Å²) in [6, 6.07) is 7.26. The molecular formula is C18H32N2O. The highest BCUT2D eigenvalue weighted by atomic mass is 16.5. The first-order chi connectivity index (χ1) is 10.1. The Kier molecular flexibility index (Phi) is 8.58. The second-order valence-corrected chi connectivity index (χ2v) is 6.04. The van der Waals surface area contributed by atoms with E-state index >= 15 is 0 Å². The number of aryl methyl sites for hydroxylation is 2. The Morgan fingerprint density at radius 2 is 1.86 bits per heavy atom. The van der Waals surface area contributed by atoms with Gasteiger partial charge in [-0.15, -0.1) is 0 Å². The fourth-order valence-electron chi connectivity index (χ4n) is 2.70. The third-order valence-electron chi connectivity index (χ3n) is 3.67. The van der Waals surface area contributed by atoms with Crippen LogP contribution in [0.15, 0.2) is 18.2 Å². The van der Waals surface area contributed by atoms with Gasteiger partial charge in [-0.2, -0.15) is 0 Å². The Morgan fingerprint density at radius 3 is 2.43 bits per heavy atom. The lowest BCUT2D eigenvalue weighted by Gasteiger charge is -2.26. The van der Waals surface area contributed by atoms with E-state index < -0.39 is 0 Å². The second-order valence-electron chi connectivity index (χ2n) is 6.04. The van der Waals surface area contributed by atoms with Crippen LogP contribution in [0.25, 0.3) is 0 Å². The number of hydrogen-bond acceptors (Lipinski definition) is 3. The minimum Gasteiger partial charge on any atom is -0.385 e. The molecule has 0 saturated carbocycles. The van der Waals surface area contributed by atoms with E-state index in [9.17, 15) is 0 Å². The molecule has 0 spiro atoms. The van der Waals surface area contributed by atoms with Crippen molar-refractivity contribution in [1.82, 2.24) is 10.2 Å². The molecule has 1 rings (SSSR count). The highest BCUT2D eigenvalue weighted by molar-refractivity contribution is 5.30. The number of methoxy groups -OCH3 is 1. The molecule has 0 aliphatic carbocycles. The highest BCUT2D eigenvalue weighted by Gasteiger charge is 2.14. The zero-order valence-electron chi connectivity index (χ0n) is 14.4. The summed E-state index contributed by atoms with van der Waals surface area (Å²) in [5, 5.41) is 3.69. The van der Waals surface area contributed by atoms with Crippen molar-refractivity contribution in [1.29, 1.82) is 0 Å². The quantitative estimate of drug-likeness (QED) is 0.670. The first kappa shape index (κ1) is 18.1. The summed E-state index contributed by atoms with van der Waals surface area (Å²) in [4.78, 5) is 2.39. The molecule has 3 heteroatoms. The van der Waals surface area contributed by atoms with Gasteiger partial charge in [0.2, 0.25) is 0 Å². The molecule has 0 bridgehead atoms. The standard InChI is InChI=1S/C18H32N2O/c1-6-8-19-18(14-20(4)9-7-10-21-5)17-12-15(2)11-16(3)13-17/h11-13,18-19H,6-10,14H2,1-5H3. The van der Waals surface area contributed by atoms with Crippen LogP contribution in [-0.2, 0) is 4.74 Å². The normalized spacial score (nSPS) is 12.9. The van der Waals surface area contributed by atoms with Gasteiger partial charge in [-0.25, -0.2) is 0 Å². The monoisotopic (exact) mass is 292 g/mol. The highest BCUT2D eigenvalue weighted by Crippen LogP contribution is 2.18. The molecule has 0 fully saturated rings. The number of rotatable bonds is 10. The van der Waals surface area contributed by atoms with Gasteiger partial charge in [0, 0.05) is 32.8 Å². The molecule has 0 heterocycles. The fraction of sp³-hybridized carbons (Fsp3) is 0.667. The third-order valence-corrected chi connectivity index (χ3v) is 3.67. The van der Waals surface area contributed by atoms with Crippen LogP contribution < -0.4 is 5.32 Å². The molecule has 0 aromatic heterocycles. The number of likely N-dealkylation sites (N-methyl/N-ethyl adjacent to an activating group) is 1. The van der Waals surface area contributed by atoms with Crippen molar-refractivity contribution in [2.45, 2.75) is 39.7 Å². The summed E-state index contributed by atoms with van der Waals surface area (Å²) in [5.41, 5.74) is 4.09. The van der Waals surface area contributed by atoms with E-state index in [0.717, 1.165) is 39.1 Å². The van der Waals surface area contributed by atoms with E-state index in [4.69, 9.17) is 4.74 Å². The maximum absolute atomic E-state index is 5.14. The van der Waals surface area contributed by atoms with Crippen molar-refractivity contribution in [3.8, 4) is 0 Å². The molecule has 0 amide bonds. The lowest BCUT2D eigenvalue weighted by molar-refractivity contribution is 0.176. The third kappa shape index (κ3) is 7.07. The lowest BCUT2D eigenvalue weighted by atomic mass is 10.0. The number of hydrogen-bond donors (Lipinski definition) is 1.